The van der Waals surface area contributed by atoms with Crippen LogP contribution in [0.15, 0.2) is 72.1 Å². The molecule has 0 aliphatic heterocycles. The first-order valence-electron chi connectivity index (χ1n) is 9.90. The number of ether oxygens (including phenoxy) is 1. The Labute approximate surface area is 181 Å². The normalized spacial score (nSPS) is 11.5. The number of thiazole rings is 1. The van der Waals surface area contributed by atoms with Crippen molar-refractivity contribution < 1.29 is 9.84 Å². The van der Waals surface area contributed by atoms with Crippen LogP contribution < -0.4 is 4.74 Å². The number of aromatic hydroxyl groups is 1. The molecule has 1 heterocycles. The fourth-order valence-corrected chi connectivity index (χ4v) is 4.28. The van der Waals surface area contributed by atoms with Crippen molar-refractivity contribution in [3.8, 4) is 44.5 Å². The highest BCUT2D eigenvalue weighted by Crippen LogP contribution is 2.43. The van der Waals surface area contributed by atoms with Crippen molar-refractivity contribution in [1.29, 1.82) is 0 Å². The van der Waals surface area contributed by atoms with Gasteiger partial charge in [-0.25, -0.2) is 4.98 Å². The van der Waals surface area contributed by atoms with Crippen LogP contribution in [0.25, 0.3) is 33.0 Å². The summed E-state index contributed by atoms with van der Waals surface area (Å²) in [4.78, 5) is 4.86. The number of para-hydroxylation sites is 1. The third kappa shape index (κ3) is 3.83. The molecule has 3 aromatic carbocycles. The molecular formula is C26H25NO2S. The highest BCUT2D eigenvalue weighted by Gasteiger charge is 2.22. The molecule has 3 nitrogen and oxygen atoms in total. The van der Waals surface area contributed by atoms with Crippen LogP contribution in [-0.2, 0) is 5.41 Å². The van der Waals surface area contributed by atoms with E-state index in [9.17, 15) is 5.11 Å². The van der Waals surface area contributed by atoms with Crippen LogP contribution in [0.1, 0.15) is 26.3 Å². The minimum absolute atomic E-state index is 0.0608. The Morgan fingerprint density at radius 1 is 0.867 bits per heavy atom. The fourth-order valence-electron chi connectivity index (χ4n) is 3.45. The third-order valence-corrected chi connectivity index (χ3v) is 6.05. The second kappa shape index (κ2) is 7.96. The molecule has 4 heteroatoms. The maximum absolute atomic E-state index is 11.2. The van der Waals surface area contributed by atoms with Gasteiger partial charge in [-0.1, -0.05) is 63.2 Å². The number of methoxy groups -OCH3 is 1. The zero-order valence-corrected chi connectivity index (χ0v) is 18.5. The van der Waals surface area contributed by atoms with E-state index in [-0.39, 0.29) is 11.2 Å². The van der Waals surface area contributed by atoms with Gasteiger partial charge < -0.3 is 9.84 Å². The van der Waals surface area contributed by atoms with Gasteiger partial charge in [0.25, 0.3) is 0 Å². The maximum atomic E-state index is 11.2. The van der Waals surface area contributed by atoms with E-state index in [2.05, 4.69) is 32.9 Å². The lowest BCUT2D eigenvalue weighted by Gasteiger charge is -2.22. The highest BCUT2D eigenvalue weighted by molar-refractivity contribution is 7.13. The standard InChI is InChI=1S/C26H25NO2S/c1-26(2,3)18-14-20(17-10-6-5-7-11-17)24(28)21(15-18)25-27-22(16-30-25)19-12-8-9-13-23(19)29-4/h5-16,28H,1-4H3. The number of benzene rings is 3. The van der Waals surface area contributed by atoms with E-state index in [1.807, 2.05) is 60.0 Å². The quantitative estimate of drug-likeness (QED) is 0.385. The van der Waals surface area contributed by atoms with Crippen LogP contribution in [0.4, 0.5) is 0 Å². The van der Waals surface area contributed by atoms with Gasteiger partial charge in [-0.2, -0.15) is 0 Å². The maximum Gasteiger partial charge on any atom is 0.133 e. The third-order valence-electron chi connectivity index (χ3n) is 5.18. The van der Waals surface area contributed by atoms with Crippen molar-refractivity contribution >= 4 is 11.3 Å². The average Bonchev–Trinajstić information content (AvgIpc) is 3.23. The lowest BCUT2D eigenvalue weighted by Crippen LogP contribution is -2.11. The zero-order chi connectivity index (χ0) is 21.3. The van der Waals surface area contributed by atoms with Crippen molar-refractivity contribution in [2.24, 2.45) is 0 Å². The molecule has 0 bridgehead atoms. The highest BCUT2D eigenvalue weighted by atomic mass is 32.1. The molecule has 0 saturated carbocycles. The molecule has 0 unspecified atom stereocenters. The Hall–Kier alpha value is -3.11. The monoisotopic (exact) mass is 415 g/mol. The summed E-state index contributed by atoms with van der Waals surface area (Å²) in [6.07, 6.45) is 0. The van der Waals surface area contributed by atoms with Crippen LogP contribution in [-0.4, -0.2) is 17.2 Å². The number of phenols is 1. The molecule has 0 saturated heterocycles. The molecule has 1 aromatic heterocycles. The van der Waals surface area contributed by atoms with Crippen LogP contribution in [0.3, 0.4) is 0 Å². The number of rotatable bonds is 4. The van der Waals surface area contributed by atoms with E-state index in [1.54, 1.807) is 7.11 Å². The summed E-state index contributed by atoms with van der Waals surface area (Å²) in [6.45, 7) is 6.54. The molecule has 0 spiro atoms. The van der Waals surface area contributed by atoms with Crippen molar-refractivity contribution in [1.82, 2.24) is 4.98 Å². The fraction of sp³-hybridized carbons (Fsp3) is 0.192. The number of nitrogens with zero attached hydrogens (tertiary/aromatic N) is 1. The predicted octanol–water partition coefficient (Wildman–Crippen LogP) is 7.16. The van der Waals surface area contributed by atoms with Crippen molar-refractivity contribution in [3.63, 3.8) is 0 Å². The lowest BCUT2D eigenvalue weighted by atomic mass is 9.83. The van der Waals surface area contributed by atoms with Crippen LogP contribution in [0, 0.1) is 0 Å². The molecule has 0 amide bonds. The minimum atomic E-state index is -0.0608. The van der Waals surface area contributed by atoms with Gasteiger partial charge in [0.1, 0.15) is 16.5 Å². The van der Waals surface area contributed by atoms with Crippen molar-refractivity contribution in [3.05, 3.63) is 77.7 Å². The van der Waals surface area contributed by atoms with Gasteiger partial charge in [0.05, 0.1) is 18.4 Å². The summed E-state index contributed by atoms with van der Waals surface area (Å²) >= 11 is 1.53. The van der Waals surface area contributed by atoms with E-state index in [4.69, 9.17) is 9.72 Å². The van der Waals surface area contributed by atoms with E-state index in [0.717, 1.165) is 44.3 Å². The first-order valence-corrected chi connectivity index (χ1v) is 10.8. The Balaban J connectivity index is 1.88. The van der Waals surface area contributed by atoms with Gasteiger partial charge in [0.2, 0.25) is 0 Å². The molecule has 0 aliphatic carbocycles. The van der Waals surface area contributed by atoms with Gasteiger partial charge in [-0.3, -0.25) is 0 Å². The summed E-state index contributed by atoms with van der Waals surface area (Å²) in [6, 6.07) is 22.0. The molecule has 1 N–H and O–H groups in total. The number of phenolic OH excluding ortho intramolecular Hbond substituents is 1. The van der Waals surface area contributed by atoms with E-state index >= 15 is 0 Å². The second-order valence-corrected chi connectivity index (χ2v) is 9.13. The molecule has 0 aliphatic rings. The number of hydrogen-bond acceptors (Lipinski definition) is 4. The summed E-state index contributed by atoms with van der Waals surface area (Å²) in [7, 11) is 1.66. The summed E-state index contributed by atoms with van der Waals surface area (Å²) < 4.78 is 5.49. The molecule has 0 atom stereocenters. The molecule has 4 rings (SSSR count). The van der Waals surface area contributed by atoms with Gasteiger partial charge >= 0.3 is 0 Å². The lowest BCUT2D eigenvalue weighted by molar-refractivity contribution is 0.416. The Morgan fingerprint density at radius 2 is 1.53 bits per heavy atom. The van der Waals surface area contributed by atoms with Crippen LogP contribution >= 0.6 is 11.3 Å². The second-order valence-electron chi connectivity index (χ2n) is 8.27. The molecule has 30 heavy (non-hydrogen) atoms. The minimum Gasteiger partial charge on any atom is -0.507 e. The number of hydrogen-bond donors (Lipinski definition) is 1. The summed E-state index contributed by atoms with van der Waals surface area (Å²) in [5.41, 5.74) is 5.45. The van der Waals surface area contributed by atoms with Gasteiger partial charge in [-0.15, -0.1) is 11.3 Å². The SMILES string of the molecule is COc1ccccc1-c1csc(-c2cc(C(C)(C)C)cc(-c3ccccc3)c2O)n1. The first-order chi connectivity index (χ1) is 14.4. The van der Waals surface area contributed by atoms with Crippen molar-refractivity contribution in [2.75, 3.05) is 7.11 Å². The van der Waals surface area contributed by atoms with E-state index in [0.29, 0.717) is 0 Å². The molecule has 152 valence electrons. The molecular weight excluding hydrogens is 390 g/mol. The molecule has 0 radical (unpaired) electrons. The van der Waals surface area contributed by atoms with E-state index < -0.39 is 0 Å². The largest absolute Gasteiger partial charge is 0.507 e. The Kier molecular flexibility index (Phi) is 5.35. The summed E-state index contributed by atoms with van der Waals surface area (Å²) in [5, 5.41) is 14.0. The topological polar surface area (TPSA) is 42.4 Å². The predicted molar refractivity (Wildman–Crippen MR) is 125 cm³/mol. The van der Waals surface area contributed by atoms with Gasteiger partial charge in [-0.05, 0) is 40.8 Å². The Morgan fingerprint density at radius 3 is 2.23 bits per heavy atom. The molecule has 0 fully saturated rings. The van der Waals surface area contributed by atoms with Crippen LogP contribution in [0.2, 0.25) is 0 Å². The van der Waals surface area contributed by atoms with Crippen LogP contribution in [0.5, 0.6) is 11.5 Å². The molecule has 4 aromatic rings. The first kappa shape index (κ1) is 20.2. The zero-order valence-electron chi connectivity index (χ0n) is 17.6. The van der Waals surface area contributed by atoms with E-state index in [1.165, 1.54) is 11.3 Å². The Bertz CT molecular complexity index is 1170. The van der Waals surface area contributed by atoms with Gasteiger partial charge in [0, 0.05) is 16.5 Å². The smallest absolute Gasteiger partial charge is 0.133 e. The number of aromatic nitrogens is 1. The van der Waals surface area contributed by atoms with Gasteiger partial charge in [0.15, 0.2) is 0 Å². The average molecular weight is 416 g/mol. The summed E-state index contributed by atoms with van der Waals surface area (Å²) in [5.74, 6) is 1.04. The van der Waals surface area contributed by atoms with Crippen molar-refractivity contribution in [2.45, 2.75) is 26.2 Å².